The fraction of sp³-hybridized carbons (Fsp3) is 0.417. The van der Waals surface area contributed by atoms with Crippen LogP contribution < -0.4 is 16.8 Å². The van der Waals surface area contributed by atoms with Gasteiger partial charge in [-0.25, -0.2) is 0 Å². The Morgan fingerprint density at radius 3 is 2.12 bits per heavy atom. The van der Waals surface area contributed by atoms with Gasteiger partial charge in [0.2, 0.25) is 0 Å². The van der Waals surface area contributed by atoms with E-state index in [2.05, 4.69) is 11.1 Å². The van der Waals surface area contributed by atoms with Crippen LogP contribution in [0.2, 0.25) is 0 Å². The van der Waals surface area contributed by atoms with Gasteiger partial charge in [0.25, 0.3) is 5.91 Å². The standard InChI is InChI=1S/C11H16N2O.CH5N/c1-8(2)13-11(14)10-5-3-9(7-12)4-6-10;1-2/h3-6,8H,7,12H2,1-2H3,(H,13,14);2H2,1H3. The minimum Gasteiger partial charge on any atom is -0.350 e. The highest BCUT2D eigenvalue weighted by atomic mass is 16.1. The molecule has 0 aliphatic rings. The van der Waals surface area contributed by atoms with Crippen LogP contribution in [0.25, 0.3) is 0 Å². The molecule has 0 unspecified atom stereocenters. The van der Waals surface area contributed by atoms with E-state index >= 15 is 0 Å². The average Bonchev–Trinajstić information content (AvgIpc) is 2.31. The Hall–Kier alpha value is -1.39. The summed E-state index contributed by atoms with van der Waals surface area (Å²) in [6, 6.07) is 7.49. The van der Waals surface area contributed by atoms with Gasteiger partial charge >= 0.3 is 0 Å². The Kier molecular flexibility index (Phi) is 7.16. The van der Waals surface area contributed by atoms with Crippen LogP contribution in [0.5, 0.6) is 0 Å². The molecule has 0 aliphatic carbocycles. The van der Waals surface area contributed by atoms with E-state index in [1.54, 1.807) is 12.1 Å². The van der Waals surface area contributed by atoms with Crippen LogP contribution in [0.4, 0.5) is 0 Å². The first-order valence-corrected chi connectivity index (χ1v) is 5.31. The van der Waals surface area contributed by atoms with Gasteiger partial charge in [0.05, 0.1) is 0 Å². The number of nitrogens with two attached hydrogens (primary N) is 2. The predicted molar refractivity (Wildman–Crippen MR) is 67.0 cm³/mol. The van der Waals surface area contributed by atoms with E-state index < -0.39 is 0 Å². The van der Waals surface area contributed by atoms with Gasteiger partial charge in [-0.15, -0.1) is 0 Å². The Balaban J connectivity index is 0.00000106. The molecule has 1 amide bonds. The first-order chi connectivity index (χ1) is 7.63. The molecule has 0 heterocycles. The zero-order valence-electron chi connectivity index (χ0n) is 10.2. The largest absolute Gasteiger partial charge is 0.350 e. The monoisotopic (exact) mass is 223 g/mol. The topological polar surface area (TPSA) is 81.1 Å². The normalized spacial score (nSPS) is 9.38. The van der Waals surface area contributed by atoms with Crippen LogP contribution in [0.15, 0.2) is 24.3 Å². The van der Waals surface area contributed by atoms with E-state index in [1.165, 1.54) is 7.05 Å². The maximum atomic E-state index is 11.5. The lowest BCUT2D eigenvalue weighted by molar-refractivity contribution is 0.0943. The predicted octanol–water partition coefficient (Wildman–Crippen LogP) is 0.858. The lowest BCUT2D eigenvalue weighted by atomic mass is 10.1. The third kappa shape index (κ3) is 4.91. The molecule has 4 heteroatoms. The maximum absolute atomic E-state index is 11.5. The van der Waals surface area contributed by atoms with Crippen molar-refractivity contribution in [2.24, 2.45) is 11.5 Å². The number of benzene rings is 1. The fourth-order valence-corrected chi connectivity index (χ4v) is 1.14. The molecule has 90 valence electrons. The van der Waals surface area contributed by atoms with E-state index in [1.807, 2.05) is 26.0 Å². The molecule has 0 aliphatic heterocycles. The van der Waals surface area contributed by atoms with E-state index in [0.29, 0.717) is 12.1 Å². The molecular formula is C12H21N3O. The summed E-state index contributed by atoms with van der Waals surface area (Å²) in [5.74, 6) is -0.0384. The molecule has 0 atom stereocenters. The van der Waals surface area contributed by atoms with E-state index in [4.69, 9.17) is 5.73 Å². The second-order valence-electron chi connectivity index (χ2n) is 3.53. The molecule has 0 aromatic heterocycles. The summed E-state index contributed by atoms with van der Waals surface area (Å²) in [6.07, 6.45) is 0. The number of carbonyl (C=O) groups is 1. The van der Waals surface area contributed by atoms with E-state index in [0.717, 1.165) is 5.56 Å². The molecule has 0 saturated heterocycles. The van der Waals surface area contributed by atoms with E-state index in [-0.39, 0.29) is 11.9 Å². The van der Waals surface area contributed by atoms with Gasteiger partial charge in [-0.05, 0) is 38.6 Å². The number of hydrogen-bond donors (Lipinski definition) is 3. The highest BCUT2D eigenvalue weighted by Crippen LogP contribution is 2.03. The quantitative estimate of drug-likeness (QED) is 0.711. The first-order valence-electron chi connectivity index (χ1n) is 5.31. The minimum absolute atomic E-state index is 0.0384. The summed E-state index contributed by atoms with van der Waals surface area (Å²) in [6.45, 7) is 4.38. The molecule has 0 fully saturated rings. The number of rotatable bonds is 3. The van der Waals surface area contributed by atoms with Crippen molar-refractivity contribution in [1.82, 2.24) is 5.32 Å². The lowest BCUT2D eigenvalue weighted by Crippen LogP contribution is -2.30. The van der Waals surface area contributed by atoms with Crippen molar-refractivity contribution >= 4 is 5.91 Å². The molecule has 4 nitrogen and oxygen atoms in total. The summed E-state index contributed by atoms with van der Waals surface area (Å²) in [7, 11) is 1.50. The van der Waals surface area contributed by atoms with Gasteiger partial charge in [0.1, 0.15) is 0 Å². The fourth-order valence-electron chi connectivity index (χ4n) is 1.14. The Morgan fingerprint density at radius 1 is 1.25 bits per heavy atom. The molecule has 1 aromatic rings. The molecule has 5 N–H and O–H groups in total. The Morgan fingerprint density at radius 2 is 1.75 bits per heavy atom. The van der Waals surface area contributed by atoms with Gasteiger partial charge in [0, 0.05) is 18.2 Å². The second-order valence-corrected chi connectivity index (χ2v) is 3.53. The van der Waals surface area contributed by atoms with Crippen molar-refractivity contribution in [3.63, 3.8) is 0 Å². The van der Waals surface area contributed by atoms with Gasteiger partial charge in [0.15, 0.2) is 0 Å². The van der Waals surface area contributed by atoms with Crippen molar-refractivity contribution in [3.05, 3.63) is 35.4 Å². The zero-order valence-corrected chi connectivity index (χ0v) is 10.2. The maximum Gasteiger partial charge on any atom is 0.251 e. The van der Waals surface area contributed by atoms with Crippen molar-refractivity contribution in [3.8, 4) is 0 Å². The third-order valence-electron chi connectivity index (χ3n) is 1.87. The average molecular weight is 223 g/mol. The van der Waals surface area contributed by atoms with Gasteiger partial charge in [-0.3, -0.25) is 4.79 Å². The summed E-state index contributed by atoms with van der Waals surface area (Å²) in [5.41, 5.74) is 11.7. The summed E-state index contributed by atoms with van der Waals surface area (Å²) >= 11 is 0. The van der Waals surface area contributed by atoms with Gasteiger partial charge in [-0.1, -0.05) is 12.1 Å². The zero-order chi connectivity index (χ0) is 12.6. The summed E-state index contributed by atoms with van der Waals surface area (Å²) in [5, 5.41) is 2.83. The van der Waals surface area contributed by atoms with Crippen molar-refractivity contribution in [1.29, 1.82) is 0 Å². The van der Waals surface area contributed by atoms with Crippen molar-refractivity contribution in [2.75, 3.05) is 7.05 Å². The van der Waals surface area contributed by atoms with Crippen LogP contribution in [0.1, 0.15) is 29.8 Å². The van der Waals surface area contributed by atoms with E-state index in [9.17, 15) is 4.79 Å². The molecule has 0 saturated carbocycles. The molecule has 0 bridgehead atoms. The number of hydrogen-bond acceptors (Lipinski definition) is 3. The minimum atomic E-state index is -0.0384. The van der Waals surface area contributed by atoms with Crippen molar-refractivity contribution in [2.45, 2.75) is 26.4 Å². The highest BCUT2D eigenvalue weighted by molar-refractivity contribution is 5.94. The second kappa shape index (κ2) is 7.84. The number of nitrogens with one attached hydrogen (secondary N) is 1. The molecular weight excluding hydrogens is 202 g/mol. The Labute approximate surface area is 97.0 Å². The van der Waals surface area contributed by atoms with Crippen LogP contribution in [0.3, 0.4) is 0 Å². The molecule has 0 radical (unpaired) electrons. The van der Waals surface area contributed by atoms with Gasteiger partial charge < -0.3 is 16.8 Å². The van der Waals surface area contributed by atoms with Crippen LogP contribution in [-0.2, 0) is 6.54 Å². The third-order valence-corrected chi connectivity index (χ3v) is 1.87. The first kappa shape index (κ1) is 14.6. The number of carbonyl (C=O) groups excluding carboxylic acids is 1. The molecule has 1 rings (SSSR count). The van der Waals surface area contributed by atoms with Crippen LogP contribution >= 0.6 is 0 Å². The smallest absolute Gasteiger partial charge is 0.251 e. The Bertz CT molecular complexity index is 307. The van der Waals surface area contributed by atoms with Crippen LogP contribution in [-0.4, -0.2) is 19.0 Å². The lowest BCUT2D eigenvalue weighted by Gasteiger charge is -2.08. The highest BCUT2D eigenvalue weighted by Gasteiger charge is 2.05. The number of amides is 1. The molecule has 16 heavy (non-hydrogen) atoms. The summed E-state index contributed by atoms with van der Waals surface area (Å²) in [4.78, 5) is 11.5. The van der Waals surface area contributed by atoms with Gasteiger partial charge in [-0.2, -0.15) is 0 Å². The van der Waals surface area contributed by atoms with Crippen molar-refractivity contribution < 1.29 is 4.79 Å². The molecule has 0 spiro atoms. The van der Waals surface area contributed by atoms with Crippen LogP contribution in [0, 0.1) is 0 Å². The SMILES string of the molecule is CC(C)NC(=O)c1ccc(CN)cc1.CN. The molecule has 1 aromatic carbocycles. The summed E-state index contributed by atoms with van der Waals surface area (Å²) < 4.78 is 0.